The molecule has 1 heterocycles. The molecule has 0 saturated heterocycles. The fourth-order valence-corrected chi connectivity index (χ4v) is 4.38. The lowest BCUT2D eigenvalue weighted by Crippen LogP contribution is -2.29. The van der Waals surface area contributed by atoms with E-state index < -0.39 is 24.3 Å². The summed E-state index contributed by atoms with van der Waals surface area (Å²) < 4.78 is 5.12. The van der Waals surface area contributed by atoms with Crippen LogP contribution in [0.5, 0.6) is 0 Å². The van der Waals surface area contributed by atoms with Crippen LogP contribution in [0.4, 0.5) is 0 Å². The Hall–Kier alpha value is -0.950. The molecule has 0 aromatic rings. The first-order valence-corrected chi connectivity index (χ1v) is 13.0. The number of hydrogen-bond acceptors (Lipinski definition) is 6. The molecule has 1 rings (SSSR count). The van der Waals surface area contributed by atoms with E-state index in [1.54, 1.807) is 6.08 Å². The summed E-state index contributed by atoms with van der Waals surface area (Å²) in [4.78, 5) is 11.2. The Morgan fingerprint density at radius 1 is 0.781 bits per heavy atom. The molecule has 0 aromatic heterocycles. The molecule has 0 bridgehead atoms. The average Bonchev–Trinajstić information content (AvgIpc) is 2.72. The number of unbranched alkanes of at least 4 members (excludes halogenated alkanes) is 8. The molecule has 32 heavy (non-hydrogen) atoms. The lowest BCUT2D eigenvalue weighted by molar-refractivity contribution is -0.145. The van der Waals surface area contributed by atoms with Gasteiger partial charge >= 0.3 is 5.97 Å². The summed E-state index contributed by atoms with van der Waals surface area (Å²) in [7, 11) is 0. The number of carbonyl (C=O) groups is 1. The van der Waals surface area contributed by atoms with E-state index in [4.69, 9.17) is 4.74 Å². The van der Waals surface area contributed by atoms with Gasteiger partial charge in [-0.25, -0.2) is 4.79 Å². The Morgan fingerprint density at radius 2 is 1.34 bits per heavy atom. The third kappa shape index (κ3) is 15.8. The maximum Gasteiger partial charge on any atom is 0.330 e. The van der Waals surface area contributed by atoms with Gasteiger partial charge in [-0.1, -0.05) is 70.8 Å². The molecule has 0 spiro atoms. The average molecular weight is 457 g/mol. The number of cyclic esters (lactones) is 1. The molecule has 0 aromatic carbocycles. The van der Waals surface area contributed by atoms with Crippen molar-refractivity contribution in [1.82, 2.24) is 0 Å². The summed E-state index contributed by atoms with van der Waals surface area (Å²) in [6, 6.07) is 0. The molecule has 1 aliphatic heterocycles. The number of carbonyl (C=O) groups excluding carboxylic acids is 1. The number of rotatable bonds is 20. The lowest BCUT2D eigenvalue weighted by Gasteiger charge is -2.23. The van der Waals surface area contributed by atoms with Gasteiger partial charge in [0.15, 0.2) is 0 Å². The van der Waals surface area contributed by atoms with Crippen molar-refractivity contribution in [2.24, 2.45) is 0 Å². The highest BCUT2D eigenvalue weighted by Crippen LogP contribution is 2.19. The standard InChI is InChI=1S/C26H48O6/c1-2-3-4-5-6-7-8-9-10-13-21(27)14-11-15-22(28)18-23(29)19-24(30)20-25-16-12-17-26(31)32-25/h12,17,21-25,27-30H,2-11,13-16,18-20H2,1H3/t21-,22-,23-,24-,25-/m0/s1. The number of aliphatic hydroxyl groups is 4. The van der Waals surface area contributed by atoms with Gasteiger partial charge in [0, 0.05) is 18.9 Å². The highest BCUT2D eigenvalue weighted by atomic mass is 16.5. The van der Waals surface area contributed by atoms with E-state index in [2.05, 4.69) is 6.92 Å². The van der Waals surface area contributed by atoms with Crippen LogP contribution < -0.4 is 0 Å². The molecular weight excluding hydrogens is 408 g/mol. The van der Waals surface area contributed by atoms with Crippen molar-refractivity contribution >= 4 is 5.97 Å². The minimum absolute atomic E-state index is 0.149. The van der Waals surface area contributed by atoms with Crippen LogP contribution in [0.25, 0.3) is 0 Å². The molecule has 4 N–H and O–H groups in total. The van der Waals surface area contributed by atoms with Gasteiger partial charge < -0.3 is 25.2 Å². The number of ether oxygens (including phenoxy) is 1. The van der Waals surface area contributed by atoms with Gasteiger partial charge in [-0.05, 0) is 38.5 Å². The molecule has 0 aliphatic carbocycles. The molecule has 1 aliphatic rings. The van der Waals surface area contributed by atoms with E-state index in [9.17, 15) is 25.2 Å². The second-order valence-electron chi connectivity index (χ2n) is 9.57. The predicted molar refractivity (Wildman–Crippen MR) is 127 cm³/mol. The first-order valence-electron chi connectivity index (χ1n) is 13.0. The number of esters is 1. The van der Waals surface area contributed by atoms with Crippen molar-refractivity contribution in [2.45, 2.75) is 147 Å². The van der Waals surface area contributed by atoms with E-state index in [1.165, 1.54) is 57.4 Å². The van der Waals surface area contributed by atoms with Crippen LogP contribution in [0.15, 0.2) is 12.2 Å². The van der Waals surface area contributed by atoms with Gasteiger partial charge in [0.1, 0.15) is 6.10 Å². The van der Waals surface area contributed by atoms with Crippen molar-refractivity contribution in [3.63, 3.8) is 0 Å². The highest BCUT2D eigenvalue weighted by Gasteiger charge is 2.22. The fourth-order valence-electron chi connectivity index (χ4n) is 4.38. The van der Waals surface area contributed by atoms with Crippen molar-refractivity contribution < 1.29 is 30.0 Å². The van der Waals surface area contributed by atoms with E-state index in [1.807, 2.05) is 0 Å². The van der Waals surface area contributed by atoms with Crippen LogP contribution in [0.2, 0.25) is 0 Å². The molecule has 6 heteroatoms. The second kappa shape index (κ2) is 18.5. The highest BCUT2D eigenvalue weighted by molar-refractivity contribution is 5.82. The van der Waals surface area contributed by atoms with E-state index in [-0.39, 0.29) is 31.5 Å². The molecule has 0 radical (unpaired) electrons. The van der Waals surface area contributed by atoms with Crippen LogP contribution in [-0.4, -0.2) is 56.9 Å². The zero-order valence-corrected chi connectivity index (χ0v) is 20.2. The van der Waals surface area contributed by atoms with Crippen molar-refractivity contribution in [2.75, 3.05) is 0 Å². The molecule has 0 amide bonds. The third-order valence-electron chi connectivity index (χ3n) is 6.27. The largest absolute Gasteiger partial charge is 0.459 e. The van der Waals surface area contributed by atoms with Gasteiger partial charge in [0.05, 0.1) is 24.4 Å². The maximum absolute atomic E-state index is 11.2. The minimum Gasteiger partial charge on any atom is -0.459 e. The second-order valence-corrected chi connectivity index (χ2v) is 9.57. The van der Waals surface area contributed by atoms with Gasteiger partial charge in [-0.3, -0.25) is 0 Å². The molecular formula is C26H48O6. The SMILES string of the molecule is CCCCCCCCCCC[C@H](O)CCC[C@H](O)C[C@H](O)C[C@H](O)C[C@@H]1CC=CC(=O)O1. The van der Waals surface area contributed by atoms with Crippen LogP contribution in [0, 0.1) is 0 Å². The summed E-state index contributed by atoms with van der Waals surface area (Å²) in [6.45, 7) is 2.24. The molecule has 0 saturated carbocycles. The first kappa shape index (κ1) is 29.1. The fraction of sp³-hybridized carbons (Fsp3) is 0.885. The molecule has 5 atom stereocenters. The monoisotopic (exact) mass is 456 g/mol. The lowest BCUT2D eigenvalue weighted by atomic mass is 9.97. The zero-order chi connectivity index (χ0) is 23.6. The molecule has 188 valence electrons. The summed E-state index contributed by atoms with van der Waals surface area (Å²) >= 11 is 0. The number of aliphatic hydroxyl groups excluding tert-OH is 4. The van der Waals surface area contributed by atoms with Crippen molar-refractivity contribution in [1.29, 1.82) is 0 Å². The Bertz CT molecular complexity index is 495. The third-order valence-corrected chi connectivity index (χ3v) is 6.27. The quantitative estimate of drug-likeness (QED) is 0.158. The predicted octanol–water partition coefficient (Wildman–Crippen LogP) is 4.56. The summed E-state index contributed by atoms with van der Waals surface area (Å²) in [5.74, 6) is -0.399. The summed E-state index contributed by atoms with van der Waals surface area (Å²) in [6.07, 6.45) is 15.6. The Balaban J connectivity index is 1.99. The smallest absolute Gasteiger partial charge is 0.330 e. The molecule has 0 fully saturated rings. The van der Waals surface area contributed by atoms with Gasteiger partial charge in [-0.2, -0.15) is 0 Å². The Morgan fingerprint density at radius 3 is 2.00 bits per heavy atom. The molecule has 0 unspecified atom stereocenters. The molecule has 6 nitrogen and oxygen atoms in total. The Labute approximate surface area is 195 Å². The minimum atomic E-state index is -0.804. The zero-order valence-electron chi connectivity index (χ0n) is 20.2. The van der Waals surface area contributed by atoms with Crippen LogP contribution in [0.1, 0.15) is 116 Å². The van der Waals surface area contributed by atoms with Crippen LogP contribution >= 0.6 is 0 Å². The van der Waals surface area contributed by atoms with Gasteiger partial charge in [-0.15, -0.1) is 0 Å². The van der Waals surface area contributed by atoms with Crippen LogP contribution in [0.3, 0.4) is 0 Å². The van der Waals surface area contributed by atoms with Gasteiger partial charge in [0.2, 0.25) is 0 Å². The van der Waals surface area contributed by atoms with Crippen molar-refractivity contribution in [3.05, 3.63) is 12.2 Å². The number of hydrogen-bond donors (Lipinski definition) is 4. The topological polar surface area (TPSA) is 107 Å². The van der Waals surface area contributed by atoms with E-state index in [0.29, 0.717) is 19.3 Å². The van der Waals surface area contributed by atoms with Crippen LogP contribution in [-0.2, 0) is 9.53 Å². The van der Waals surface area contributed by atoms with Gasteiger partial charge in [0.25, 0.3) is 0 Å². The van der Waals surface area contributed by atoms with Crippen molar-refractivity contribution in [3.8, 4) is 0 Å². The van der Waals surface area contributed by atoms with E-state index >= 15 is 0 Å². The normalized spacial score (nSPS) is 20.0. The Kier molecular flexibility index (Phi) is 16.8. The van der Waals surface area contributed by atoms with E-state index in [0.717, 1.165) is 19.3 Å². The first-order chi connectivity index (χ1) is 15.4. The summed E-state index contributed by atoms with van der Waals surface area (Å²) in [5, 5.41) is 40.5. The summed E-state index contributed by atoms with van der Waals surface area (Å²) in [5.41, 5.74) is 0. The maximum atomic E-state index is 11.2.